The van der Waals surface area contributed by atoms with E-state index in [0.29, 0.717) is 11.3 Å². The molecule has 4 nitrogen and oxygen atoms in total. The van der Waals surface area contributed by atoms with Crippen molar-refractivity contribution < 1.29 is 4.79 Å². The minimum Gasteiger partial charge on any atom is -0.359 e. The molecule has 2 rings (SSSR count). The van der Waals surface area contributed by atoms with Crippen LogP contribution < -0.4 is 5.32 Å². The van der Waals surface area contributed by atoms with Crippen molar-refractivity contribution in [3.8, 4) is 6.07 Å². The summed E-state index contributed by atoms with van der Waals surface area (Å²) in [7, 11) is 0. The van der Waals surface area contributed by atoms with Gasteiger partial charge in [0.25, 0.3) is 0 Å². The van der Waals surface area contributed by atoms with Gasteiger partial charge in [0.2, 0.25) is 5.91 Å². The van der Waals surface area contributed by atoms with Crippen molar-refractivity contribution in [2.45, 2.75) is 0 Å². The fourth-order valence-corrected chi connectivity index (χ4v) is 1.66. The summed E-state index contributed by atoms with van der Waals surface area (Å²) in [4.78, 5) is 14.3. The summed E-state index contributed by atoms with van der Waals surface area (Å²) >= 11 is 3.08. The average molecular weight is 278 g/mol. The Balaban J connectivity index is 2.53. The first kappa shape index (κ1) is 10.7. The van der Waals surface area contributed by atoms with E-state index in [9.17, 15) is 4.79 Å². The van der Waals surface area contributed by atoms with E-state index >= 15 is 0 Å². The van der Waals surface area contributed by atoms with Gasteiger partial charge in [0, 0.05) is 11.6 Å². The number of fused-ring (bicyclic) bond motifs is 1. The first-order valence-corrected chi connectivity index (χ1v) is 5.74. The number of aromatic amines is 1. The van der Waals surface area contributed by atoms with Gasteiger partial charge in [-0.25, -0.2) is 0 Å². The number of rotatable bonds is 2. The van der Waals surface area contributed by atoms with Gasteiger partial charge in [-0.3, -0.25) is 4.79 Å². The molecule has 1 aromatic heterocycles. The molecule has 2 aromatic rings. The maximum Gasteiger partial charge on any atom is 0.235 e. The molecule has 16 heavy (non-hydrogen) atoms. The van der Waals surface area contributed by atoms with E-state index in [1.807, 2.05) is 6.07 Å². The zero-order valence-corrected chi connectivity index (χ0v) is 9.84. The number of amides is 1. The lowest BCUT2D eigenvalue weighted by Crippen LogP contribution is -2.12. The first-order chi connectivity index (χ1) is 7.74. The van der Waals surface area contributed by atoms with Crippen LogP contribution in [-0.2, 0) is 4.79 Å². The predicted molar refractivity (Wildman–Crippen MR) is 65.4 cm³/mol. The fraction of sp³-hybridized carbons (Fsp3) is 0.0909. The molecule has 0 saturated heterocycles. The van der Waals surface area contributed by atoms with Crippen molar-refractivity contribution >= 4 is 38.4 Å². The Morgan fingerprint density at radius 1 is 1.56 bits per heavy atom. The van der Waals surface area contributed by atoms with Gasteiger partial charge in [0.05, 0.1) is 28.2 Å². The van der Waals surface area contributed by atoms with E-state index < -0.39 is 0 Å². The molecule has 5 heteroatoms. The van der Waals surface area contributed by atoms with Gasteiger partial charge in [-0.05, 0) is 18.2 Å². The Hall–Kier alpha value is -1.80. The largest absolute Gasteiger partial charge is 0.359 e. The topological polar surface area (TPSA) is 68.7 Å². The zero-order valence-electron chi connectivity index (χ0n) is 8.25. The van der Waals surface area contributed by atoms with Crippen LogP contribution in [0.3, 0.4) is 0 Å². The normalized spacial score (nSPS) is 10.0. The molecule has 1 heterocycles. The molecule has 0 fully saturated rings. The number of aromatic nitrogens is 1. The standard InChI is InChI=1S/C11H8BrN3O/c12-5-10(16)15-9-4-7(6-13)3-8-1-2-14-11(8)9/h1-4,14H,5H2,(H,15,16). The number of hydrogen-bond acceptors (Lipinski definition) is 2. The Labute approximate surface area is 100 Å². The summed E-state index contributed by atoms with van der Waals surface area (Å²) in [6.45, 7) is 0. The molecular formula is C11H8BrN3O. The maximum absolute atomic E-state index is 11.3. The van der Waals surface area contributed by atoms with Crippen LogP contribution in [0.2, 0.25) is 0 Å². The highest BCUT2D eigenvalue weighted by Gasteiger charge is 2.07. The molecule has 0 unspecified atom stereocenters. The van der Waals surface area contributed by atoms with Gasteiger partial charge in [0.15, 0.2) is 0 Å². The highest BCUT2D eigenvalue weighted by atomic mass is 79.9. The smallest absolute Gasteiger partial charge is 0.235 e. The number of carbonyl (C=O) groups is 1. The van der Waals surface area contributed by atoms with E-state index in [1.54, 1.807) is 18.3 Å². The van der Waals surface area contributed by atoms with Crippen molar-refractivity contribution in [3.63, 3.8) is 0 Å². The second kappa shape index (κ2) is 4.37. The maximum atomic E-state index is 11.3. The van der Waals surface area contributed by atoms with Crippen molar-refractivity contribution in [2.75, 3.05) is 10.6 Å². The van der Waals surface area contributed by atoms with E-state index in [0.717, 1.165) is 10.9 Å². The lowest BCUT2D eigenvalue weighted by Gasteiger charge is -2.05. The number of alkyl halides is 1. The number of benzene rings is 1. The summed E-state index contributed by atoms with van der Waals surface area (Å²) < 4.78 is 0. The third-order valence-electron chi connectivity index (χ3n) is 2.18. The van der Waals surface area contributed by atoms with Gasteiger partial charge in [-0.2, -0.15) is 5.26 Å². The predicted octanol–water partition coefficient (Wildman–Crippen LogP) is 2.37. The third-order valence-corrected chi connectivity index (χ3v) is 2.69. The number of nitriles is 1. The Bertz CT molecular complexity index is 582. The van der Waals surface area contributed by atoms with Crippen LogP contribution in [0, 0.1) is 11.3 Å². The monoisotopic (exact) mass is 277 g/mol. The van der Waals surface area contributed by atoms with E-state index in [1.165, 1.54) is 0 Å². The Morgan fingerprint density at radius 2 is 2.38 bits per heavy atom. The molecule has 0 aliphatic heterocycles. The highest BCUT2D eigenvalue weighted by Crippen LogP contribution is 2.24. The second-order valence-corrected chi connectivity index (χ2v) is 3.82. The first-order valence-electron chi connectivity index (χ1n) is 4.61. The van der Waals surface area contributed by atoms with Gasteiger partial charge < -0.3 is 10.3 Å². The van der Waals surface area contributed by atoms with Crippen molar-refractivity contribution in [3.05, 3.63) is 30.0 Å². The minimum absolute atomic E-state index is 0.147. The molecular weight excluding hydrogens is 270 g/mol. The summed E-state index contributed by atoms with van der Waals surface area (Å²) in [6.07, 6.45) is 1.77. The van der Waals surface area contributed by atoms with Gasteiger partial charge in [0.1, 0.15) is 0 Å². The number of H-pyrrole nitrogens is 1. The van der Waals surface area contributed by atoms with Crippen LogP contribution in [0.5, 0.6) is 0 Å². The van der Waals surface area contributed by atoms with Crippen LogP contribution >= 0.6 is 15.9 Å². The summed E-state index contributed by atoms with van der Waals surface area (Å²) in [6, 6.07) is 7.35. The molecule has 0 aliphatic rings. The fourth-order valence-electron chi connectivity index (χ4n) is 1.52. The molecule has 1 aromatic carbocycles. The average Bonchev–Trinajstić information content (AvgIpc) is 2.76. The van der Waals surface area contributed by atoms with Crippen LogP contribution in [-0.4, -0.2) is 16.2 Å². The Morgan fingerprint density at radius 3 is 3.06 bits per heavy atom. The number of anilines is 1. The summed E-state index contributed by atoms with van der Waals surface area (Å²) in [5.41, 5.74) is 1.98. The number of nitrogens with one attached hydrogen (secondary N) is 2. The lowest BCUT2D eigenvalue weighted by atomic mass is 10.1. The summed E-state index contributed by atoms with van der Waals surface area (Å²) in [5.74, 6) is -0.147. The van der Waals surface area contributed by atoms with Crippen molar-refractivity contribution in [1.82, 2.24) is 4.98 Å². The number of nitrogens with zero attached hydrogens (tertiary/aromatic N) is 1. The molecule has 0 atom stereocenters. The van der Waals surface area contributed by atoms with Gasteiger partial charge in [-0.1, -0.05) is 15.9 Å². The highest BCUT2D eigenvalue weighted by molar-refractivity contribution is 9.09. The molecule has 0 bridgehead atoms. The van der Waals surface area contributed by atoms with Gasteiger partial charge in [-0.15, -0.1) is 0 Å². The zero-order chi connectivity index (χ0) is 11.5. The van der Waals surface area contributed by atoms with E-state index in [-0.39, 0.29) is 11.2 Å². The number of halogens is 1. The Kier molecular flexibility index (Phi) is 2.93. The molecule has 1 amide bonds. The van der Waals surface area contributed by atoms with E-state index in [2.05, 4.69) is 32.3 Å². The van der Waals surface area contributed by atoms with Crippen molar-refractivity contribution in [2.24, 2.45) is 0 Å². The summed E-state index contributed by atoms with van der Waals surface area (Å²) in [5, 5.41) is 12.7. The minimum atomic E-state index is -0.147. The third kappa shape index (κ3) is 1.92. The van der Waals surface area contributed by atoms with Crippen molar-refractivity contribution in [1.29, 1.82) is 5.26 Å². The SMILES string of the molecule is N#Cc1cc(NC(=O)CBr)c2[nH]ccc2c1. The molecule has 0 saturated carbocycles. The number of carbonyl (C=O) groups excluding carboxylic acids is 1. The molecule has 0 spiro atoms. The van der Waals surface area contributed by atoms with Crippen LogP contribution in [0.15, 0.2) is 24.4 Å². The van der Waals surface area contributed by atoms with Crippen LogP contribution in [0.1, 0.15) is 5.56 Å². The molecule has 0 aliphatic carbocycles. The second-order valence-electron chi connectivity index (χ2n) is 3.26. The van der Waals surface area contributed by atoms with Crippen LogP contribution in [0.25, 0.3) is 10.9 Å². The molecule has 0 radical (unpaired) electrons. The lowest BCUT2D eigenvalue weighted by molar-refractivity contribution is -0.113. The van der Waals surface area contributed by atoms with Crippen LogP contribution in [0.4, 0.5) is 5.69 Å². The van der Waals surface area contributed by atoms with E-state index in [4.69, 9.17) is 5.26 Å². The molecule has 80 valence electrons. The number of hydrogen-bond donors (Lipinski definition) is 2. The van der Waals surface area contributed by atoms with Gasteiger partial charge >= 0.3 is 0 Å². The quantitative estimate of drug-likeness (QED) is 0.828. The molecule has 2 N–H and O–H groups in total.